The van der Waals surface area contributed by atoms with Crippen LogP contribution >= 0.6 is 0 Å². The van der Waals surface area contributed by atoms with Crippen molar-refractivity contribution in [2.24, 2.45) is 52.3 Å². The van der Waals surface area contributed by atoms with E-state index in [1.165, 1.54) is 56.9 Å². The van der Waals surface area contributed by atoms with Gasteiger partial charge in [-0.25, -0.2) is 0 Å². The number of hydrogen-bond acceptors (Lipinski definition) is 1. The van der Waals surface area contributed by atoms with E-state index >= 15 is 0 Å². The first-order valence-electron chi connectivity index (χ1n) is 13.7. The standard InChI is InChI=1S/C30H50O/c1-8-19(2)22(5)20(3)17-21(4)26-11-12-27-25-10-9-23-18-24(31)13-15-29(23,6)28(25)14-16-30(26,27)7/h9,19-21,24-28,31H,5,8,10-18H2,1-4,6-7H3/t19-,20-,21-,24+,25+,26-,27+,28+,29+,30-/m1/s1. The average molecular weight is 427 g/mol. The number of allylic oxidation sites excluding steroid dienone is 2. The molecule has 0 aromatic heterocycles. The van der Waals surface area contributed by atoms with Gasteiger partial charge >= 0.3 is 0 Å². The Balaban J connectivity index is 1.49. The molecule has 0 amide bonds. The summed E-state index contributed by atoms with van der Waals surface area (Å²) in [6.45, 7) is 19.4. The van der Waals surface area contributed by atoms with Gasteiger partial charge in [0.05, 0.1) is 6.10 Å². The second-order valence-corrected chi connectivity index (χ2v) is 12.9. The molecule has 0 aromatic carbocycles. The van der Waals surface area contributed by atoms with Crippen LogP contribution in [0.1, 0.15) is 106 Å². The molecular weight excluding hydrogens is 376 g/mol. The highest BCUT2D eigenvalue weighted by Crippen LogP contribution is 2.67. The Morgan fingerprint density at radius 3 is 2.52 bits per heavy atom. The van der Waals surface area contributed by atoms with E-state index in [9.17, 15) is 5.11 Å². The van der Waals surface area contributed by atoms with Gasteiger partial charge in [-0.15, -0.1) is 0 Å². The van der Waals surface area contributed by atoms with Crippen LogP contribution in [0.15, 0.2) is 23.8 Å². The van der Waals surface area contributed by atoms with E-state index in [1.807, 2.05) is 0 Å². The smallest absolute Gasteiger partial charge is 0.0577 e. The highest BCUT2D eigenvalue weighted by molar-refractivity contribution is 5.25. The molecule has 4 rings (SSSR count). The first kappa shape index (κ1) is 23.6. The van der Waals surface area contributed by atoms with Crippen molar-refractivity contribution in [1.82, 2.24) is 0 Å². The molecule has 0 unspecified atom stereocenters. The normalized spacial score (nSPS) is 45.0. The molecule has 1 heteroatoms. The van der Waals surface area contributed by atoms with E-state index in [0.29, 0.717) is 22.7 Å². The predicted octanol–water partition coefficient (Wildman–Crippen LogP) is 8.19. The van der Waals surface area contributed by atoms with E-state index < -0.39 is 0 Å². The summed E-state index contributed by atoms with van der Waals surface area (Å²) in [5, 5.41) is 10.3. The van der Waals surface area contributed by atoms with Gasteiger partial charge in [0.15, 0.2) is 0 Å². The first-order valence-corrected chi connectivity index (χ1v) is 13.7. The lowest BCUT2D eigenvalue weighted by molar-refractivity contribution is -0.0577. The maximum atomic E-state index is 10.3. The van der Waals surface area contributed by atoms with Crippen LogP contribution in [0.4, 0.5) is 0 Å². The van der Waals surface area contributed by atoms with Crippen molar-refractivity contribution >= 4 is 0 Å². The van der Waals surface area contributed by atoms with Gasteiger partial charge in [0.2, 0.25) is 0 Å². The summed E-state index contributed by atoms with van der Waals surface area (Å²) in [4.78, 5) is 0. The second kappa shape index (κ2) is 8.66. The number of fused-ring (bicyclic) bond motifs is 5. The van der Waals surface area contributed by atoms with Gasteiger partial charge in [0.25, 0.3) is 0 Å². The van der Waals surface area contributed by atoms with Gasteiger partial charge < -0.3 is 5.11 Å². The Kier molecular flexibility index (Phi) is 6.59. The fourth-order valence-electron chi connectivity index (χ4n) is 9.24. The van der Waals surface area contributed by atoms with E-state index in [0.717, 1.165) is 42.4 Å². The molecule has 31 heavy (non-hydrogen) atoms. The maximum absolute atomic E-state index is 10.3. The van der Waals surface area contributed by atoms with E-state index in [4.69, 9.17) is 0 Å². The van der Waals surface area contributed by atoms with Crippen LogP contribution in [0.5, 0.6) is 0 Å². The molecule has 1 N–H and O–H groups in total. The average Bonchev–Trinajstić information content (AvgIpc) is 3.10. The molecule has 4 aliphatic carbocycles. The quantitative estimate of drug-likeness (QED) is 0.424. The maximum Gasteiger partial charge on any atom is 0.0577 e. The molecule has 3 saturated carbocycles. The Morgan fingerprint density at radius 2 is 1.81 bits per heavy atom. The third-order valence-electron chi connectivity index (χ3n) is 11.4. The zero-order valence-electron chi connectivity index (χ0n) is 21.4. The molecule has 176 valence electrons. The molecule has 0 aromatic rings. The Hall–Kier alpha value is -0.560. The molecule has 0 spiro atoms. The molecule has 0 heterocycles. The van der Waals surface area contributed by atoms with E-state index in [2.05, 4.69) is 54.2 Å². The summed E-state index contributed by atoms with van der Waals surface area (Å²) in [5.41, 5.74) is 4.00. The van der Waals surface area contributed by atoms with E-state index in [-0.39, 0.29) is 6.10 Å². The van der Waals surface area contributed by atoms with Crippen LogP contribution in [0.25, 0.3) is 0 Å². The van der Waals surface area contributed by atoms with Crippen molar-refractivity contribution in [2.75, 3.05) is 0 Å². The lowest BCUT2D eigenvalue weighted by atomic mass is 9.47. The summed E-state index contributed by atoms with van der Waals surface area (Å²) in [5.74, 6) is 5.64. The van der Waals surface area contributed by atoms with Crippen molar-refractivity contribution in [3.05, 3.63) is 23.8 Å². The third-order valence-corrected chi connectivity index (χ3v) is 11.4. The van der Waals surface area contributed by atoms with Gasteiger partial charge in [-0.3, -0.25) is 0 Å². The van der Waals surface area contributed by atoms with Crippen LogP contribution in [-0.4, -0.2) is 11.2 Å². The Bertz CT molecular complexity index is 705. The largest absolute Gasteiger partial charge is 0.393 e. The van der Waals surface area contributed by atoms with Crippen molar-refractivity contribution in [3.8, 4) is 0 Å². The minimum absolute atomic E-state index is 0.0893. The first-order chi connectivity index (χ1) is 14.6. The summed E-state index contributed by atoms with van der Waals surface area (Å²) in [6, 6.07) is 0. The molecule has 3 fully saturated rings. The minimum atomic E-state index is -0.0893. The van der Waals surface area contributed by atoms with Crippen molar-refractivity contribution in [1.29, 1.82) is 0 Å². The monoisotopic (exact) mass is 426 g/mol. The molecule has 0 radical (unpaired) electrons. The van der Waals surface area contributed by atoms with Gasteiger partial charge in [-0.05, 0) is 116 Å². The van der Waals surface area contributed by atoms with Crippen molar-refractivity contribution in [2.45, 2.75) is 112 Å². The molecule has 10 atom stereocenters. The van der Waals surface area contributed by atoms with Crippen LogP contribution in [0.3, 0.4) is 0 Å². The van der Waals surface area contributed by atoms with Gasteiger partial charge in [0, 0.05) is 0 Å². The highest BCUT2D eigenvalue weighted by Gasteiger charge is 2.59. The molecular formula is C30H50O. The van der Waals surface area contributed by atoms with Crippen LogP contribution in [0.2, 0.25) is 0 Å². The summed E-state index contributed by atoms with van der Waals surface area (Å²) < 4.78 is 0. The molecule has 0 bridgehead atoms. The summed E-state index contributed by atoms with van der Waals surface area (Å²) in [7, 11) is 0. The fourth-order valence-corrected chi connectivity index (χ4v) is 9.24. The predicted molar refractivity (Wildman–Crippen MR) is 133 cm³/mol. The fraction of sp³-hybridized carbons (Fsp3) is 0.867. The number of rotatable bonds is 6. The topological polar surface area (TPSA) is 20.2 Å². The second-order valence-electron chi connectivity index (χ2n) is 12.9. The number of hydrogen-bond donors (Lipinski definition) is 1. The van der Waals surface area contributed by atoms with Gasteiger partial charge in [-0.2, -0.15) is 0 Å². The van der Waals surface area contributed by atoms with Gasteiger partial charge in [0.1, 0.15) is 0 Å². The lowest BCUT2D eigenvalue weighted by Gasteiger charge is -2.58. The summed E-state index contributed by atoms with van der Waals surface area (Å²) >= 11 is 0. The molecule has 0 aliphatic heterocycles. The van der Waals surface area contributed by atoms with Crippen LogP contribution in [-0.2, 0) is 0 Å². The van der Waals surface area contributed by atoms with Gasteiger partial charge in [-0.1, -0.05) is 65.3 Å². The zero-order valence-corrected chi connectivity index (χ0v) is 21.4. The third kappa shape index (κ3) is 3.89. The summed E-state index contributed by atoms with van der Waals surface area (Å²) in [6.07, 6.45) is 15.2. The van der Waals surface area contributed by atoms with Crippen molar-refractivity contribution in [3.63, 3.8) is 0 Å². The number of aliphatic hydroxyl groups is 1. The Labute approximate surface area is 193 Å². The SMILES string of the molecule is C=C([C@H](C)CC)[C@H](C)C[C@@H](C)[C@H]1CC[C@H]2[C@@H]3CC=C4C[C@@H](O)CC[C@]4(C)[C@H]3CC[C@]12C. The molecule has 4 aliphatic rings. The van der Waals surface area contributed by atoms with E-state index in [1.54, 1.807) is 5.57 Å². The zero-order chi connectivity index (χ0) is 22.6. The van der Waals surface area contributed by atoms with Crippen LogP contribution < -0.4 is 0 Å². The lowest BCUT2D eigenvalue weighted by Crippen LogP contribution is -2.50. The van der Waals surface area contributed by atoms with Crippen LogP contribution in [0, 0.1) is 52.3 Å². The van der Waals surface area contributed by atoms with Crippen molar-refractivity contribution < 1.29 is 5.11 Å². The number of aliphatic hydroxyl groups excluding tert-OH is 1. The highest BCUT2D eigenvalue weighted by atomic mass is 16.3. The Morgan fingerprint density at radius 1 is 1.06 bits per heavy atom. The molecule has 0 saturated heterocycles. The molecule has 1 nitrogen and oxygen atoms in total. The minimum Gasteiger partial charge on any atom is -0.393 e.